The van der Waals surface area contributed by atoms with Crippen molar-refractivity contribution in [2.24, 2.45) is 0 Å². The van der Waals surface area contributed by atoms with Gasteiger partial charge in [-0.15, -0.1) is 0 Å². The van der Waals surface area contributed by atoms with Crippen molar-refractivity contribution < 1.29 is 0 Å². The first-order chi connectivity index (χ1) is 16.3. The summed E-state index contributed by atoms with van der Waals surface area (Å²) in [5, 5.41) is 2.66. The summed E-state index contributed by atoms with van der Waals surface area (Å²) in [4.78, 5) is 0. The number of nitrogen functional groups attached to an aromatic ring is 1. The van der Waals surface area contributed by atoms with Crippen LogP contribution < -0.4 is 5.73 Å². The predicted octanol–water partition coefficient (Wildman–Crippen LogP) is 10.8. The normalized spacial score (nSPS) is 11.4. The highest BCUT2D eigenvalue weighted by atomic mass is 14.6. The molecule has 0 fully saturated rings. The van der Waals surface area contributed by atoms with Gasteiger partial charge in [-0.25, -0.2) is 0 Å². The Kier molecular flexibility index (Phi) is 15.9. The third kappa shape index (κ3) is 12.5. The molecule has 0 saturated heterocycles. The minimum Gasteiger partial charge on any atom is -0.398 e. The van der Waals surface area contributed by atoms with Gasteiger partial charge in [-0.2, -0.15) is 0 Å². The van der Waals surface area contributed by atoms with E-state index < -0.39 is 0 Å². The van der Waals surface area contributed by atoms with E-state index in [-0.39, 0.29) is 0 Å². The molecule has 0 aromatic heterocycles. The third-order valence-corrected chi connectivity index (χ3v) is 7.36. The van der Waals surface area contributed by atoms with Crippen molar-refractivity contribution in [2.75, 3.05) is 5.73 Å². The maximum absolute atomic E-state index is 6.27. The zero-order valence-corrected chi connectivity index (χ0v) is 21.9. The average Bonchev–Trinajstić information content (AvgIpc) is 2.84. The van der Waals surface area contributed by atoms with Crippen LogP contribution in [0.1, 0.15) is 141 Å². The lowest BCUT2D eigenvalue weighted by molar-refractivity contribution is 0.522. The smallest absolute Gasteiger partial charge is 0.0353 e. The topological polar surface area (TPSA) is 26.0 Å². The van der Waals surface area contributed by atoms with Gasteiger partial charge in [0.1, 0.15) is 0 Å². The number of hydrogen-bond acceptors (Lipinski definition) is 1. The second kappa shape index (κ2) is 18.9. The van der Waals surface area contributed by atoms with Crippen LogP contribution in [0.3, 0.4) is 0 Å². The van der Waals surface area contributed by atoms with Crippen LogP contribution in [-0.4, -0.2) is 0 Å². The van der Waals surface area contributed by atoms with Crippen LogP contribution in [0.25, 0.3) is 10.8 Å². The maximum Gasteiger partial charge on any atom is 0.0353 e. The van der Waals surface area contributed by atoms with E-state index >= 15 is 0 Å². The molecule has 186 valence electrons. The van der Waals surface area contributed by atoms with Crippen molar-refractivity contribution in [1.82, 2.24) is 0 Å². The monoisotopic (exact) mass is 451 g/mol. The highest BCUT2D eigenvalue weighted by Gasteiger charge is 2.05. The van der Waals surface area contributed by atoms with Gasteiger partial charge in [0, 0.05) is 5.69 Å². The second-order valence-electron chi connectivity index (χ2n) is 10.3. The molecule has 0 atom stereocenters. The highest BCUT2D eigenvalue weighted by Crippen LogP contribution is 2.26. The van der Waals surface area contributed by atoms with Gasteiger partial charge < -0.3 is 5.73 Å². The summed E-state index contributed by atoms with van der Waals surface area (Å²) in [7, 11) is 0. The lowest BCUT2D eigenvalue weighted by atomic mass is 9.97. The van der Waals surface area contributed by atoms with E-state index in [0.29, 0.717) is 0 Å². The fourth-order valence-corrected chi connectivity index (χ4v) is 5.19. The van der Waals surface area contributed by atoms with Crippen LogP contribution in [0, 0.1) is 0 Å². The fourth-order valence-electron chi connectivity index (χ4n) is 5.19. The lowest BCUT2D eigenvalue weighted by Gasteiger charge is -2.10. The molecule has 2 aromatic carbocycles. The quantitative estimate of drug-likeness (QED) is 0.148. The molecule has 33 heavy (non-hydrogen) atoms. The van der Waals surface area contributed by atoms with E-state index in [1.807, 2.05) is 0 Å². The minimum atomic E-state index is 0.964. The van der Waals surface area contributed by atoms with Gasteiger partial charge in [0.05, 0.1) is 0 Å². The number of rotatable bonds is 21. The molecule has 0 unspecified atom stereocenters. The zero-order valence-electron chi connectivity index (χ0n) is 21.9. The van der Waals surface area contributed by atoms with Crippen molar-refractivity contribution in [1.29, 1.82) is 0 Å². The van der Waals surface area contributed by atoms with Gasteiger partial charge in [-0.05, 0) is 35.2 Å². The first-order valence-corrected chi connectivity index (χ1v) is 14.6. The first kappa shape index (κ1) is 27.7. The Bertz CT molecular complexity index is 720. The van der Waals surface area contributed by atoms with Gasteiger partial charge in [0.25, 0.3) is 0 Å². The minimum absolute atomic E-state index is 0.964. The Morgan fingerprint density at radius 2 is 0.909 bits per heavy atom. The molecule has 0 radical (unpaired) electrons. The van der Waals surface area contributed by atoms with Gasteiger partial charge in [-0.1, -0.05) is 159 Å². The molecule has 1 heteroatoms. The summed E-state index contributed by atoms with van der Waals surface area (Å²) in [6.45, 7) is 2.30. The number of aryl methyl sites for hydroxylation is 1. The van der Waals surface area contributed by atoms with E-state index in [1.165, 1.54) is 145 Å². The molecule has 0 aliphatic rings. The highest BCUT2D eigenvalue weighted by molar-refractivity contribution is 5.89. The van der Waals surface area contributed by atoms with Crippen LogP contribution in [0.4, 0.5) is 5.69 Å². The summed E-state index contributed by atoms with van der Waals surface area (Å²) in [5.74, 6) is 0. The summed E-state index contributed by atoms with van der Waals surface area (Å²) in [5.41, 5.74) is 8.59. The van der Waals surface area contributed by atoms with Gasteiger partial charge >= 0.3 is 0 Å². The molecule has 0 heterocycles. The first-order valence-electron chi connectivity index (χ1n) is 14.6. The van der Waals surface area contributed by atoms with Crippen molar-refractivity contribution in [2.45, 2.75) is 142 Å². The molecule has 1 nitrogen and oxygen atoms in total. The van der Waals surface area contributed by atoms with E-state index in [0.717, 1.165) is 12.1 Å². The third-order valence-electron chi connectivity index (χ3n) is 7.36. The fraction of sp³-hybridized carbons (Fsp3) is 0.688. The van der Waals surface area contributed by atoms with E-state index in [4.69, 9.17) is 5.73 Å². The second-order valence-corrected chi connectivity index (χ2v) is 10.3. The van der Waals surface area contributed by atoms with E-state index in [1.54, 1.807) is 0 Å². The summed E-state index contributed by atoms with van der Waals surface area (Å²) in [6, 6.07) is 12.9. The van der Waals surface area contributed by atoms with Crippen molar-refractivity contribution in [3.8, 4) is 0 Å². The van der Waals surface area contributed by atoms with E-state index in [9.17, 15) is 0 Å². The number of fused-ring (bicyclic) bond motifs is 1. The van der Waals surface area contributed by atoms with Crippen LogP contribution in [-0.2, 0) is 6.42 Å². The molecule has 0 bridgehead atoms. The number of unbranched alkanes of at least 4 members (excludes halogenated alkanes) is 19. The molecule has 2 N–H and O–H groups in total. The average molecular weight is 452 g/mol. The predicted molar refractivity (Wildman–Crippen MR) is 150 cm³/mol. The van der Waals surface area contributed by atoms with E-state index in [2.05, 4.69) is 43.3 Å². The van der Waals surface area contributed by atoms with Crippen molar-refractivity contribution in [3.63, 3.8) is 0 Å². The Balaban J connectivity index is 1.33. The molecular weight excluding hydrogens is 398 g/mol. The number of anilines is 1. The maximum atomic E-state index is 6.27. The molecule has 0 aliphatic heterocycles. The van der Waals surface area contributed by atoms with Crippen LogP contribution in [0.2, 0.25) is 0 Å². The Labute approximate surface area is 205 Å². The Morgan fingerprint density at radius 3 is 1.39 bits per heavy atom. The van der Waals surface area contributed by atoms with Crippen LogP contribution in [0.5, 0.6) is 0 Å². The summed E-state index contributed by atoms with van der Waals surface area (Å²) < 4.78 is 0. The Hall–Kier alpha value is -1.50. The molecule has 2 aromatic rings. The molecule has 2 rings (SSSR count). The lowest BCUT2D eigenvalue weighted by Crippen LogP contribution is -1.96. The largest absolute Gasteiger partial charge is 0.398 e. The summed E-state index contributed by atoms with van der Waals surface area (Å²) >= 11 is 0. The summed E-state index contributed by atoms with van der Waals surface area (Å²) in [6.07, 6.45) is 29.7. The van der Waals surface area contributed by atoms with Gasteiger partial charge in [0.15, 0.2) is 0 Å². The standard InChI is InChI=1S/C32H53N/c1-2-3-4-5-6-7-8-9-10-11-12-13-14-15-16-17-18-19-20-21-26-31-30-25-23-22-24-29(30)27-28-32(31)33/h22-25,27-28H,2-21,26,33H2,1H3. The molecule has 0 saturated carbocycles. The van der Waals surface area contributed by atoms with Crippen LogP contribution >= 0.6 is 0 Å². The SMILES string of the molecule is CCCCCCCCCCCCCCCCCCCCCCc1c(N)ccc2ccccc12. The van der Waals surface area contributed by atoms with Crippen molar-refractivity contribution in [3.05, 3.63) is 42.0 Å². The molecule has 0 spiro atoms. The molecular formula is C32H53N. The molecule has 0 amide bonds. The van der Waals surface area contributed by atoms with Crippen molar-refractivity contribution >= 4 is 16.5 Å². The van der Waals surface area contributed by atoms with Gasteiger partial charge in [0.2, 0.25) is 0 Å². The Morgan fingerprint density at radius 1 is 0.485 bits per heavy atom. The number of hydrogen-bond donors (Lipinski definition) is 1. The zero-order chi connectivity index (χ0) is 23.4. The van der Waals surface area contributed by atoms with Gasteiger partial charge in [-0.3, -0.25) is 0 Å². The van der Waals surface area contributed by atoms with Crippen LogP contribution in [0.15, 0.2) is 36.4 Å². The molecule has 0 aliphatic carbocycles. The number of nitrogens with two attached hydrogens (primary N) is 1. The number of benzene rings is 2.